The predicted octanol–water partition coefficient (Wildman–Crippen LogP) is 21.9. The third kappa shape index (κ3) is 61.3. The van der Waals surface area contributed by atoms with Gasteiger partial charge in [-0.3, -0.25) is 9.59 Å². The summed E-state index contributed by atoms with van der Waals surface area (Å²) in [6, 6.07) is -0.624. The van der Waals surface area contributed by atoms with E-state index >= 15 is 0 Å². The first-order chi connectivity index (χ1) is 37.5. The molecule has 76 heavy (non-hydrogen) atoms. The maximum absolute atomic E-state index is 12.4. The monoisotopic (exact) mass is 1070 g/mol. The number of hydrogen-bond acceptors (Lipinski definition) is 5. The van der Waals surface area contributed by atoms with Crippen molar-refractivity contribution in [1.29, 1.82) is 0 Å². The van der Waals surface area contributed by atoms with Gasteiger partial charge in [0.1, 0.15) is 0 Å². The highest BCUT2D eigenvalue weighted by molar-refractivity contribution is 5.76. The molecule has 0 aliphatic carbocycles. The lowest BCUT2D eigenvalue weighted by atomic mass is 10.0. The second-order valence-electron chi connectivity index (χ2n) is 23.5. The van der Waals surface area contributed by atoms with Crippen LogP contribution in [0, 0.1) is 0 Å². The number of aliphatic hydroxyl groups excluding tert-OH is 2. The van der Waals surface area contributed by atoms with Crippen LogP contribution >= 0.6 is 0 Å². The Balaban J connectivity index is 3.35. The van der Waals surface area contributed by atoms with E-state index in [-0.39, 0.29) is 18.5 Å². The quantitative estimate of drug-likeness (QED) is 0.0320. The van der Waals surface area contributed by atoms with E-state index in [0.29, 0.717) is 19.4 Å². The number of ether oxygens (including phenoxy) is 1. The van der Waals surface area contributed by atoms with Crippen LogP contribution in [0.25, 0.3) is 0 Å². The van der Waals surface area contributed by atoms with Gasteiger partial charge in [0, 0.05) is 12.8 Å². The Morgan fingerprint density at radius 3 is 1.00 bits per heavy atom. The van der Waals surface area contributed by atoms with Gasteiger partial charge in [0.25, 0.3) is 0 Å². The fraction of sp³-hybridized carbons (Fsp3) is 0.886. The summed E-state index contributed by atoms with van der Waals surface area (Å²) in [5, 5.41) is 23.0. The Morgan fingerprint density at radius 1 is 0.368 bits per heavy atom. The molecule has 2 atom stereocenters. The average Bonchev–Trinajstić information content (AvgIpc) is 3.42. The van der Waals surface area contributed by atoms with Gasteiger partial charge in [-0.1, -0.05) is 333 Å². The maximum Gasteiger partial charge on any atom is 0.305 e. The van der Waals surface area contributed by atoms with E-state index in [9.17, 15) is 19.8 Å². The lowest BCUT2D eigenvalue weighted by molar-refractivity contribution is -0.143. The molecule has 0 aliphatic rings. The normalized spacial score (nSPS) is 12.7. The van der Waals surface area contributed by atoms with Crippen molar-refractivity contribution in [2.24, 2.45) is 0 Å². The third-order valence-electron chi connectivity index (χ3n) is 15.9. The summed E-state index contributed by atoms with van der Waals surface area (Å²) in [5.74, 6) is -0.0470. The van der Waals surface area contributed by atoms with Gasteiger partial charge < -0.3 is 20.3 Å². The SMILES string of the molecule is CCCCCCCCCCC/C=C/C(O)C(CO)NC(=O)CCCCCCCCCCCCCCCCCCC/C=C\C/C=C\CCCCCCCCCCCCCCCOC(=O)CCCCCCCCCCCCC. The maximum atomic E-state index is 12.4. The van der Waals surface area contributed by atoms with Crippen molar-refractivity contribution in [3.63, 3.8) is 0 Å². The van der Waals surface area contributed by atoms with Gasteiger partial charge in [0.2, 0.25) is 5.91 Å². The predicted molar refractivity (Wildman–Crippen MR) is 333 cm³/mol. The molecule has 6 heteroatoms. The summed E-state index contributed by atoms with van der Waals surface area (Å²) < 4.78 is 5.47. The van der Waals surface area contributed by atoms with Gasteiger partial charge in [0.05, 0.1) is 25.4 Å². The molecule has 448 valence electrons. The van der Waals surface area contributed by atoms with Crippen molar-refractivity contribution in [2.45, 2.75) is 386 Å². The van der Waals surface area contributed by atoms with Gasteiger partial charge in [-0.15, -0.1) is 0 Å². The van der Waals surface area contributed by atoms with E-state index < -0.39 is 12.1 Å². The van der Waals surface area contributed by atoms with Crippen LogP contribution in [0.1, 0.15) is 373 Å². The molecular weight excluding hydrogens is 935 g/mol. The number of unbranched alkanes of at least 4 members (excludes halogenated alkanes) is 49. The number of carbonyl (C=O) groups is 2. The van der Waals surface area contributed by atoms with Gasteiger partial charge in [-0.25, -0.2) is 0 Å². The molecule has 0 saturated carbocycles. The van der Waals surface area contributed by atoms with Gasteiger partial charge in [-0.2, -0.15) is 0 Å². The number of amides is 1. The Labute approximate surface area is 474 Å². The minimum Gasteiger partial charge on any atom is -0.466 e. The number of hydrogen-bond donors (Lipinski definition) is 3. The molecule has 0 radical (unpaired) electrons. The van der Waals surface area contributed by atoms with Crippen LogP contribution in [0.5, 0.6) is 0 Å². The van der Waals surface area contributed by atoms with Crippen LogP contribution in [0.2, 0.25) is 0 Å². The second-order valence-corrected chi connectivity index (χ2v) is 23.5. The first kappa shape index (κ1) is 74.1. The minimum atomic E-state index is -0.841. The number of rotatable bonds is 64. The topological polar surface area (TPSA) is 95.9 Å². The molecule has 0 aromatic rings. The van der Waals surface area contributed by atoms with Crippen molar-refractivity contribution in [3.05, 3.63) is 36.5 Å². The second kappa shape index (κ2) is 65.6. The molecule has 1 amide bonds. The molecule has 0 aromatic heterocycles. The summed E-state index contributed by atoms with van der Waals surface area (Å²) in [5.41, 5.74) is 0. The minimum absolute atomic E-state index is 0.0184. The number of allylic oxidation sites excluding steroid dienone is 5. The van der Waals surface area contributed by atoms with E-state index in [0.717, 1.165) is 44.9 Å². The standard InChI is InChI=1S/C70H133NO5/c1-3-5-7-9-11-13-42-46-50-54-58-62-68(73)67(66-72)71-69(74)63-59-55-51-47-44-40-38-36-34-32-30-28-26-24-22-20-18-16-15-17-19-21-23-25-27-29-31-33-35-37-39-41-45-49-53-57-61-65-76-70(75)64-60-56-52-48-43-14-12-10-8-6-4-2/h15,17,21,23,58,62,67-68,72-73H,3-14,16,18-20,22,24-57,59-61,63-66H2,1-2H3,(H,71,74)/b17-15-,23-21-,62-58+. The molecule has 2 unspecified atom stereocenters. The number of carbonyl (C=O) groups excluding carboxylic acids is 2. The van der Waals surface area contributed by atoms with Crippen molar-refractivity contribution in [3.8, 4) is 0 Å². The van der Waals surface area contributed by atoms with E-state index in [1.54, 1.807) is 6.08 Å². The lowest BCUT2D eigenvalue weighted by Gasteiger charge is -2.20. The first-order valence-corrected chi connectivity index (χ1v) is 34.3. The molecule has 0 fully saturated rings. The highest BCUT2D eigenvalue weighted by Gasteiger charge is 2.18. The van der Waals surface area contributed by atoms with Crippen LogP contribution in [0.15, 0.2) is 36.5 Å². The zero-order valence-corrected chi connectivity index (χ0v) is 51.3. The van der Waals surface area contributed by atoms with Crippen LogP contribution in [0.3, 0.4) is 0 Å². The number of esters is 1. The molecule has 0 aliphatic heterocycles. The Kier molecular flexibility index (Phi) is 63.9. The summed E-state index contributed by atoms with van der Waals surface area (Å²) in [7, 11) is 0. The highest BCUT2D eigenvalue weighted by atomic mass is 16.5. The molecule has 3 N–H and O–H groups in total. The van der Waals surface area contributed by atoms with E-state index in [2.05, 4.69) is 43.5 Å². The van der Waals surface area contributed by atoms with Gasteiger partial charge in [0.15, 0.2) is 0 Å². The summed E-state index contributed by atoms with van der Waals surface area (Å²) >= 11 is 0. The lowest BCUT2D eigenvalue weighted by Crippen LogP contribution is -2.45. The number of aliphatic hydroxyl groups is 2. The molecule has 6 nitrogen and oxygen atoms in total. The smallest absolute Gasteiger partial charge is 0.305 e. The summed E-state index contributed by atoms with van der Waals surface area (Å²) in [6.07, 6.45) is 83.8. The fourth-order valence-corrected chi connectivity index (χ4v) is 10.7. The molecule has 0 heterocycles. The van der Waals surface area contributed by atoms with E-state index in [4.69, 9.17) is 4.74 Å². The van der Waals surface area contributed by atoms with Crippen molar-refractivity contribution in [2.75, 3.05) is 13.2 Å². The first-order valence-electron chi connectivity index (χ1n) is 34.3. The van der Waals surface area contributed by atoms with Crippen LogP contribution in [0.4, 0.5) is 0 Å². The summed E-state index contributed by atoms with van der Waals surface area (Å²) in [6.45, 7) is 4.91. The van der Waals surface area contributed by atoms with Crippen molar-refractivity contribution in [1.82, 2.24) is 5.32 Å². The molecule has 0 saturated heterocycles. The Bertz CT molecular complexity index is 1230. The summed E-state index contributed by atoms with van der Waals surface area (Å²) in [4.78, 5) is 24.4. The Hall–Kier alpha value is -1.92. The molecule has 0 bridgehead atoms. The van der Waals surface area contributed by atoms with Gasteiger partial charge >= 0.3 is 5.97 Å². The van der Waals surface area contributed by atoms with Gasteiger partial charge in [-0.05, 0) is 64.2 Å². The molecule has 0 rings (SSSR count). The average molecular weight is 1070 g/mol. The largest absolute Gasteiger partial charge is 0.466 e. The van der Waals surface area contributed by atoms with Crippen molar-refractivity contribution < 1.29 is 24.5 Å². The zero-order chi connectivity index (χ0) is 55.0. The number of nitrogens with one attached hydrogen (secondary N) is 1. The fourth-order valence-electron chi connectivity index (χ4n) is 10.7. The zero-order valence-electron chi connectivity index (χ0n) is 51.3. The van der Waals surface area contributed by atoms with E-state index in [1.165, 1.54) is 302 Å². The third-order valence-corrected chi connectivity index (χ3v) is 15.9. The van der Waals surface area contributed by atoms with Crippen molar-refractivity contribution >= 4 is 11.9 Å². The molecular formula is C70H133NO5. The molecule has 0 aromatic carbocycles. The van der Waals surface area contributed by atoms with Crippen LogP contribution in [-0.4, -0.2) is 47.4 Å². The Morgan fingerprint density at radius 2 is 0.658 bits per heavy atom. The highest BCUT2D eigenvalue weighted by Crippen LogP contribution is 2.18. The van der Waals surface area contributed by atoms with E-state index in [1.807, 2.05) is 6.08 Å². The molecule has 0 spiro atoms. The van der Waals surface area contributed by atoms with Crippen LogP contribution in [-0.2, 0) is 14.3 Å². The van der Waals surface area contributed by atoms with Crippen LogP contribution < -0.4 is 5.32 Å².